The molecule has 4 rings (SSSR count). The molecule has 3 nitrogen and oxygen atoms in total. The van der Waals surface area contributed by atoms with Crippen LogP contribution in [0.3, 0.4) is 0 Å². The number of benzene rings is 2. The van der Waals surface area contributed by atoms with E-state index in [2.05, 4.69) is 48.4 Å². The Kier molecular flexibility index (Phi) is 2.97. The fourth-order valence-electron chi connectivity index (χ4n) is 2.71. The van der Waals surface area contributed by atoms with Gasteiger partial charge in [0.25, 0.3) is 0 Å². The molecule has 22 heavy (non-hydrogen) atoms. The Hall–Kier alpha value is -2.94. The van der Waals surface area contributed by atoms with Crippen LogP contribution in [-0.4, -0.2) is 14.8 Å². The van der Waals surface area contributed by atoms with Crippen LogP contribution in [-0.2, 0) is 0 Å². The van der Waals surface area contributed by atoms with Crippen LogP contribution < -0.4 is 0 Å². The predicted molar refractivity (Wildman–Crippen MR) is 89.0 cm³/mol. The summed E-state index contributed by atoms with van der Waals surface area (Å²) in [6.07, 6.45) is 3.72. The lowest BCUT2D eigenvalue weighted by Gasteiger charge is -2.09. The van der Waals surface area contributed by atoms with Crippen LogP contribution in [0, 0.1) is 6.92 Å². The molecule has 0 amide bonds. The van der Waals surface area contributed by atoms with Gasteiger partial charge in [-0.3, -0.25) is 0 Å². The fourth-order valence-corrected chi connectivity index (χ4v) is 2.71. The summed E-state index contributed by atoms with van der Waals surface area (Å²) in [4.78, 5) is 4.84. The van der Waals surface area contributed by atoms with Gasteiger partial charge in [-0.15, -0.1) is 0 Å². The number of pyridine rings is 1. The fraction of sp³-hybridized carbons (Fsp3) is 0.0526. The lowest BCUT2D eigenvalue weighted by Crippen LogP contribution is -1.95. The summed E-state index contributed by atoms with van der Waals surface area (Å²) >= 11 is 0. The highest BCUT2D eigenvalue weighted by molar-refractivity contribution is 5.86. The molecular formula is C19H15N3. The number of nitrogens with zero attached hydrogens (tertiary/aromatic N) is 3. The van der Waals surface area contributed by atoms with Crippen LogP contribution in [0.5, 0.6) is 0 Å². The van der Waals surface area contributed by atoms with E-state index in [0.29, 0.717) is 0 Å². The Labute approximate surface area is 128 Å². The molecule has 4 aromatic rings. The first-order chi connectivity index (χ1) is 10.8. The van der Waals surface area contributed by atoms with Crippen molar-refractivity contribution in [1.82, 2.24) is 14.8 Å². The first-order valence-corrected chi connectivity index (χ1v) is 7.28. The summed E-state index contributed by atoms with van der Waals surface area (Å²) in [5, 5.41) is 5.46. The van der Waals surface area contributed by atoms with Crippen LogP contribution in [0.25, 0.3) is 27.8 Å². The molecule has 106 valence electrons. The van der Waals surface area contributed by atoms with Gasteiger partial charge in [-0.25, -0.2) is 9.67 Å². The van der Waals surface area contributed by atoms with Crippen LogP contribution in [0.2, 0.25) is 0 Å². The maximum Gasteiger partial charge on any atom is 0.0733 e. The quantitative estimate of drug-likeness (QED) is 0.546. The van der Waals surface area contributed by atoms with E-state index in [-0.39, 0.29) is 0 Å². The van der Waals surface area contributed by atoms with Gasteiger partial charge in [0.2, 0.25) is 0 Å². The van der Waals surface area contributed by atoms with E-state index >= 15 is 0 Å². The van der Waals surface area contributed by atoms with Gasteiger partial charge in [0, 0.05) is 23.3 Å². The zero-order chi connectivity index (χ0) is 14.9. The molecule has 0 spiro atoms. The van der Waals surface area contributed by atoms with Crippen molar-refractivity contribution in [3.05, 3.63) is 78.6 Å². The lowest BCUT2D eigenvalue weighted by molar-refractivity contribution is 0.881. The van der Waals surface area contributed by atoms with Gasteiger partial charge in [0.15, 0.2) is 0 Å². The third-order valence-corrected chi connectivity index (χ3v) is 3.84. The number of hydrogen-bond donors (Lipinski definition) is 0. The van der Waals surface area contributed by atoms with Gasteiger partial charge in [-0.1, -0.05) is 36.4 Å². The van der Waals surface area contributed by atoms with E-state index in [1.807, 2.05) is 35.1 Å². The summed E-state index contributed by atoms with van der Waals surface area (Å²) in [6.45, 7) is 2.13. The topological polar surface area (TPSA) is 30.7 Å². The highest BCUT2D eigenvalue weighted by atomic mass is 15.3. The highest BCUT2D eigenvalue weighted by Gasteiger charge is 2.06. The van der Waals surface area contributed by atoms with Crippen molar-refractivity contribution >= 4 is 10.9 Å². The molecule has 0 atom stereocenters. The van der Waals surface area contributed by atoms with E-state index < -0.39 is 0 Å². The van der Waals surface area contributed by atoms with E-state index in [1.165, 1.54) is 10.9 Å². The minimum Gasteiger partial charge on any atom is -0.248 e. The van der Waals surface area contributed by atoms with Crippen LogP contribution >= 0.6 is 0 Å². The van der Waals surface area contributed by atoms with Gasteiger partial charge >= 0.3 is 0 Å². The summed E-state index contributed by atoms with van der Waals surface area (Å²) in [5.74, 6) is 0. The Morgan fingerprint density at radius 1 is 0.909 bits per heavy atom. The molecule has 0 bridgehead atoms. The third-order valence-electron chi connectivity index (χ3n) is 3.84. The van der Waals surface area contributed by atoms with E-state index in [1.54, 1.807) is 6.20 Å². The molecule has 0 radical (unpaired) electrons. The van der Waals surface area contributed by atoms with Crippen molar-refractivity contribution in [3.63, 3.8) is 0 Å². The lowest BCUT2D eigenvalue weighted by atomic mass is 10.0. The second-order valence-corrected chi connectivity index (χ2v) is 5.34. The van der Waals surface area contributed by atoms with Crippen molar-refractivity contribution < 1.29 is 0 Å². The first kappa shape index (κ1) is 12.8. The van der Waals surface area contributed by atoms with Crippen molar-refractivity contribution in [2.75, 3.05) is 0 Å². The molecular weight excluding hydrogens is 270 g/mol. The second-order valence-electron chi connectivity index (χ2n) is 5.34. The molecule has 0 N–H and O–H groups in total. The van der Waals surface area contributed by atoms with E-state index in [0.717, 1.165) is 22.5 Å². The van der Waals surface area contributed by atoms with Crippen molar-refractivity contribution in [2.45, 2.75) is 6.92 Å². The smallest absolute Gasteiger partial charge is 0.0733 e. The standard InChI is InChI=1S/C19H15N3/c1-14-12-18(15-6-3-2-4-7-15)21-19-13-16(8-9-17(14)19)22-11-5-10-20-22/h2-13H,1H3. The molecule has 0 saturated carbocycles. The Morgan fingerprint density at radius 3 is 2.55 bits per heavy atom. The molecule has 0 aliphatic heterocycles. The third kappa shape index (κ3) is 2.17. The zero-order valence-corrected chi connectivity index (χ0v) is 12.3. The molecule has 3 heteroatoms. The number of aryl methyl sites for hydroxylation is 1. The van der Waals surface area contributed by atoms with Crippen LogP contribution in [0.15, 0.2) is 73.1 Å². The largest absolute Gasteiger partial charge is 0.248 e. The average molecular weight is 285 g/mol. The number of fused-ring (bicyclic) bond motifs is 1. The summed E-state index contributed by atoms with van der Waals surface area (Å²) < 4.78 is 1.85. The van der Waals surface area contributed by atoms with Crippen LogP contribution in [0.4, 0.5) is 0 Å². The molecule has 2 aromatic heterocycles. The zero-order valence-electron chi connectivity index (χ0n) is 12.3. The van der Waals surface area contributed by atoms with Crippen LogP contribution in [0.1, 0.15) is 5.56 Å². The number of rotatable bonds is 2. The van der Waals surface area contributed by atoms with Crippen molar-refractivity contribution in [2.24, 2.45) is 0 Å². The Bertz CT molecular complexity index is 926. The van der Waals surface area contributed by atoms with Gasteiger partial charge in [0.1, 0.15) is 0 Å². The summed E-state index contributed by atoms with van der Waals surface area (Å²) in [6, 6.07) is 20.6. The maximum absolute atomic E-state index is 4.84. The average Bonchev–Trinajstić information content (AvgIpc) is 3.09. The minimum absolute atomic E-state index is 0.992. The predicted octanol–water partition coefficient (Wildman–Crippen LogP) is 4.40. The molecule has 0 aliphatic carbocycles. The van der Waals surface area contributed by atoms with Crippen molar-refractivity contribution in [1.29, 1.82) is 0 Å². The number of hydrogen-bond acceptors (Lipinski definition) is 2. The highest BCUT2D eigenvalue weighted by Crippen LogP contribution is 2.25. The maximum atomic E-state index is 4.84. The van der Waals surface area contributed by atoms with Gasteiger partial charge in [0.05, 0.1) is 16.9 Å². The minimum atomic E-state index is 0.992. The Balaban J connectivity index is 1.92. The molecule has 0 aliphatic rings. The SMILES string of the molecule is Cc1cc(-c2ccccc2)nc2cc(-n3cccn3)ccc12. The first-order valence-electron chi connectivity index (χ1n) is 7.28. The van der Waals surface area contributed by atoms with Gasteiger partial charge in [-0.05, 0) is 36.8 Å². The summed E-state index contributed by atoms with van der Waals surface area (Å²) in [5.41, 5.74) is 5.39. The molecule has 0 unspecified atom stereocenters. The normalized spacial score (nSPS) is 11.0. The monoisotopic (exact) mass is 285 g/mol. The van der Waals surface area contributed by atoms with Crippen molar-refractivity contribution in [3.8, 4) is 16.9 Å². The Morgan fingerprint density at radius 2 is 1.77 bits per heavy atom. The molecule has 2 aromatic carbocycles. The molecule has 0 saturated heterocycles. The molecule has 2 heterocycles. The summed E-state index contributed by atoms with van der Waals surface area (Å²) in [7, 11) is 0. The van der Waals surface area contributed by atoms with E-state index in [4.69, 9.17) is 4.98 Å². The number of aromatic nitrogens is 3. The van der Waals surface area contributed by atoms with Gasteiger partial charge < -0.3 is 0 Å². The second kappa shape index (κ2) is 5.11. The molecule has 0 fully saturated rings. The van der Waals surface area contributed by atoms with Gasteiger partial charge in [-0.2, -0.15) is 5.10 Å². The van der Waals surface area contributed by atoms with E-state index in [9.17, 15) is 0 Å².